The highest BCUT2D eigenvalue weighted by atomic mass is 14.6. The molecule has 0 aromatic heterocycles. The Morgan fingerprint density at radius 2 is 0.840 bits per heavy atom. The zero-order valence-electron chi connectivity index (χ0n) is 28.2. The summed E-state index contributed by atoms with van der Waals surface area (Å²) in [7, 11) is 0. The molecule has 5 aliphatic carbocycles. The fourth-order valence-corrected chi connectivity index (χ4v) is 12.2. The lowest BCUT2D eigenvalue weighted by Crippen LogP contribution is -2.55. The first-order chi connectivity index (χ1) is 24.8. The second-order valence-corrected chi connectivity index (χ2v) is 16.0. The highest BCUT2D eigenvalue weighted by Gasteiger charge is 2.61. The van der Waals surface area contributed by atoms with E-state index in [1.54, 1.807) is 11.1 Å². The highest BCUT2D eigenvalue weighted by Crippen LogP contribution is 2.70. The van der Waals surface area contributed by atoms with Gasteiger partial charge in [0, 0.05) is 5.41 Å². The number of fused-ring (bicyclic) bond motifs is 8. The van der Waals surface area contributed by atoms with Crippen molar-refractivity contribution in [1.82, 2.24) is 0 Å². The van der Waals surface area contributed by atoms with Gasteiger partial charge >= 0.3 is 0 Å². The SMILES string of the molecule is c1ccc2cc(-c3c4ccccc4c(-c4ccc5c(c4)-c4c(ccc6ccccc46)C54C5CC6CC(C5)CC4C6)c4ccccc34)ccc2c1. The van der Waals surface area contributed by atoms with E-state index in [0.29, 0.717) is 0 Å². The first-order valence-electron chi connectivity index (χ1n) is 18.9. The van der Waals surface area contributed by atoms with Crippen molar-refractivity contribution in [3.05, 3.63) is 157 Å². The van der Waals surface area contributed by atoms with Crippen LogP contribution in [0.3, 0.4) is 0 Å². The highest BCUT2D eigenvalue weighted by molar-refractivity contribution is 6.22. The molecule has 0 N–H and O–H groups in total. The Morgan fingerprint density at radius 1 is 0.360 bits per heavy atom. The Bertz CT molecular complexity index is 2640. The van der Waals surface area contributed by atoms with Crippen LogP contribution in [-0.2, 0) is 5.41 Å². The molecular formula is C50H38. The fraction of sp³-hybridized carbons (Fsp3) is 0.200. The van der Waals surface area contributed by atoms with E-state index >= 15 is 0 Å². The standard InChI is InChI=1S/C50H38/c1-2-11-34-28-35(18-17-32(34)9-1)47-40-13-5-7-15-42(40)48(43-16-8-6-14-41(43)47)36-20-21-45-44(29-36)49-39-12-4-3-10-33(39)19-22-46(49)50(45)37-24-30-23-31(26-37)27-38(50)25-30/h1-22,28-31,37-38H,23-27H2. The van der Waals surface area contributed by atoms with Crippen LogP contribution in [0.5, 0.6) is 0 Å². The summed E-state index contributed by atoms with van der Waals surface area (Å²) in [5.41, 5.74) is 11.7. The smallest absolute Gasteiger partial charge is 0.0272 e. The van der Waals surface area contributed by atoms with Crippen molar-refractivity contribution in [3.63, 3.8) is 0 Å². The molecule has 13 rings (SSSR count). The van der Waals surface area contributed by atoms with Crippen LogP contribution < -0.4 is 0 Å². The summed E-state index contributed by atoms with van der Waals surface area (Å²) in [6.45, 7) is 0. The third kappa shape index (κ3) is 3.52. The monoisotopic (exact) mass is 638 g/mol. The van der Waals surface area contributed by atoms with E-state index in [-0.39, 0.29) is 5.41 Å². The van der Waals surface area contributed by atoms with Crippen LogP contribution in [-0.4, -0.2) is 0 Å². The van der Waals surface area contributed by atoms with Gasteiger partial charge < -0.3 is 0 Å². The van der Waals surface area contributed by atoms with Gasteiger partial charge in [0.2, 0.25) is 0 Å². The van der Waals surface area contributed by atoms with Gasteiger partial charge in [-0.25, -0.2) is 0 Å². The van der Waals surface area contributed by atoms with Crippen molar-refractivity contribution in [2.75, 3.05) is 0 Å². The molecule has 0 aliphatic heterocycles. The lowest BCUT2D eigenvalue weighted by Gasteiger charge is -2.61. The summed E-state index contributed by atoms with van der Waals surface area (Å²) in [4.78, 5) is 0. The minimum atomic E-state index is 0.157. The molecule has 0 amide bonds. The van der Waals surface area contributed by atoms with E-state index in [2.05, 4.69) is 146 Å². The van der Waals surface area contributed by atoms with Gasteiger partial charge in [0.1, 0.15) is 0 Å². The number of hydrogen-bond acceptors (Lipinski definition) is 0. The lowest BCUT2D eigenvalue weighted by atomic mass is 9.43. The van der Waals surface area contributed by atoms with Gasteiger partial charge in [-0.3, -0.25) is 0 Å². The zero-order chi connectivity index (χ0) is 32.6. The minimum Gasteiger partial charge on any atom is -0.0616 e. The first-order valence-corrected chi connectivity index (χ1v) is 18.9. The molecule has 0 radical (unpaired) electrons. The minimum absolute atomic E-state index is 0.157. The molecule has 0 heteroatoms. The molecule has 0 saturated heterocycles. The third-order valence-corrected chi connectivity index (χ3v) is 13.8. The second-order valence-electron chi connectivity index (χ2n) is 16.0. The molecule has 0 unspecified atom stereocenters. The molecule has 1 spiro atoms. The van der Waals surface area contributed by atoms with E-state index < -0.39 is 0 Å². The van der Waals surface area contributed by atoms with E-state index in [9.17, 15) is 0 Å². The molecule has 8 aromatic carbocycles. The summed E-state index contributed by atoms with van der Waals surface area (Å²) in [6.07, 6.45) is 7.12. The summed E-state index contributed by atoms with van der Waals surface area (Å²) in [5, 5.41) is 10.6. The summed E-state index contributed by atoms with van der Waals surface area (Å²) < 4.78 is 0. The summed E-state index contributed by atoms with van der Waals surface area (Å²) >= 11 is 0. The van der Waals surface area contributed by atoms with Crippen LogP contribution in [0.1, 0.15) is 43.2 Å². The number of benzene rings is 8. The largest absolute Gasteiger partial charge is 0.0616 e. The predicted molar refractivity (Wildman–Crippen MR) is 211 cm³/mol. The Balaban J connectivity index is 1.15. The maximum atomic E-state index is 2.62. The topological polar surface area (TPSA) is 0 Å². The molecular weight excluding hydrogens is 601 g/mol. The Hall–Kier alpha value is -5.20. The van der Waals surface area contributed by atoms with E-state index in [1.807, 2.05) is 0 Å². The van der Waals surface area contributed by atoms with Crippen molar-refractivity contribution in [3.8, 4) is 33.4 Å². The van der Waals surface area contributed by atoms with Gasteiger partial charge in [0.05, 0.1) is 0 Å². The Morgan fingerprint density at radius 3 is 1.48 bits per heavy atom. The first kappa shape index (κ1) is 27.6. The maximum absolute atomic E-state index is 2.62. The van der Waals surface area contributed by atoms with E-state index in [1.165, 1.54) is 109 Å². The van der Waals surface area contributed by atoms with Gasteiger partial charge in [-0.15, -0.1) is 0 Å². The summed E-state index contributed by atoms with van der Waals surface area (Å²) in [6, 6.07) is 55.9. The predicted octanol–water partition coefficient (Wildman–Crippen LogP) is 13.4. The molecule has 4 saturated carbocycles. The van der Waals surface area contributed by atoms with Gasteiger partial charge in [0.15, 0.2) is 0 Å². The second kappa shape index (κ2) is 9.95. The van der Waals surface area contributed by atoms with Gasteiger partial charge in [-0.2, -0.15) is 0 Å². The fourth-order valence-electron chi connectivity index (χ4n) is 12.2. The van der Waals surface area contributed by atoms with Crippen molar-refractivity contribution in [1.29, 1.82) is 0 Å². The number of hydrogen-bond donors (Lipinski definition) is 0. The van der Waals surface area contributed by atoms with Crippen LogP contribution in [0, 0.1) is 23.7 Å². The van der Waals surface area contributed by atoms with Gasteiger partial charge in [0.25, 0.3) is 0 Å². The molecule has 0 heterocycles. The van der Waals surface area contributed by atoms with Crippen molar-refractivity contribution in [2.45, 2.75) is 37.5 Å². The van der Waals surface area contributed by atoms with Gasteiger partial charge in [-0.1, -0.05) is 133 Å². The van der Waals surface area contributed by atoms with Crippen LogP contribution in [0.2, 0.25) is 0 Å². The normalized spacial score (nSPS) is 24.5. The average Bonchev–Trinajstić information content (AvgIpc) is 3.46. The molecule has 8 aromatic rings. The third-order valence-electron chi connectivity index (χ3n) is 13.8. The van der Waals surface area contributed by atoms with E-state index in [4.69, 9.17) is 0 Å². The summed E-state index contributed by atoms with van der Waals surface area (Å²) in [5.74, 6) is 3.39. The van der Waals surface area contributed by atoms with Crippen LogP contribution >= 0.6 is 0 Å². The molecule has 0 nitrogen and oxygen atoms in total. The maximum Gasteiger partial charge on any atom is 0.0272 e. The average molecular weight is 639 g/mol. The molecule has 4 fully saturated rings. The molecule has 5 aliphatic rings. The molecule has 50 heavy (non-hydrogen) atoms. The van der Waals surface area contributed by atoms with Crippen molar-refractivity contribution < 1.29 is 0 Å². The lowest BCUT2D eigenvalue weighted by molar-refractivity contribution is -0.0399. The van der Waals surface area contributed by atoms with E-state index in [0.717, 1.165) is 23.7 Å². The van der Waals surface area contributed by atoms with Gasteiger partial charge in [-0.05, 0) is 156 Å². The molecule has 0 atom stereocenters. The van der Waals surface area contributed by atoms with Crippen LogP contribution in [0.4, 0.5) is 0 Å². The Labute approximate surface area is 293 Å². The zero-order valence-corrected chi connectivity index (χ0v) is 28.2. The number of rotatable bonds is 2. The van der Waals surface area contributed by atoms with Crippen LogP contribution in [0.15, 0.2) is 146 Å². The Kier molecular flexibility index (Phi) is 5.49. The van der Waals surface area contributed by atoms with Crippen LogP contribution in [0.25, 0.3) is 76.5 Å². The molecule has 4 bridgehead atoms. The molecule has 238 valence electrons. The quantitative estimate of drug-likeness (QED) is 0.165. The van der Waals surface area contributed by atoms with Crippen molar-refractivity contribution >= 4 is 43.1 Å². The van der Waals surface area contributed by atoms with Crippen molar-refractivity contribution in [2.24, 2.45) is 23.7 Å².